The highest BCUT2D eigenvalue weighted by Crippen LogP contribution is 2.18. The van der Waals surface area contributed by atoms with Gasteiger partial charge in [-0.2, -0.15) is 0 Å². The van der Waals surface area contributed by atoms with Crippen LogP contribution in [0.2, 0.25) is 5.02 Å². The highest BCUT2D eigenvalue weighted by Gasteiger charge is 2.23. The monoisotopic (exact) mass is 304 g/mol. The van der Waals surface area contributed by atoms with Gasteiger partial charge in [0.2, 0.25) is 0 Å². The largest absolute Gasteiger partial charge is 0.479 e. The van der Waals surface area contributed by atoms with Crippen LogP contribution in [0.3, 0.4) is 0 Å². The first-order chi connectivity index (χ1) is 9.99. The molecule has 0 spiro atoms. The van der Waals surface area contributed by atoms with Crippen molar-refractivity contribution in [2.75, 3.05) is 0 Å². The number of aromatic nitrogens is 1. The molecule has 1 amide bonds. The zero-order valence-electron chi connectivity index (χ0n) is 11.2. The third-order valence-corrected chi connectivity index (χ3v) is 3.20. The number of aryl methyl sites for hydroxylation is 1. The molecule has 2 rings (SSSR count). The number of hydrogen-bond donors (Lipinski definition) is 2. The summed E-state index contributed by atoms with van der Waals surface area (Å²) in [7, 11) is 0. The summed E-state index contributed by atoms with van der Waals surface area (Å²) >= 11 is 5.99. The molecule has 0 aliphatic carbocycles. The second-order valence-corrected chi connectivity index (χ2v) is 4.87. The summed E-state index contributed by atoms with van der Waals surface area (Å²) in [6.45, 7) is 1.75. The first-order valence-corrected chi connectivity index (χ1v) is 6.57. The lowest BCUT2D eigenvalue weighted by atomic mass is 10.1. The number of nitrogens with zero attached hydrogens (tertiary/aromatic N) is 1. The van der Waals surface area contributed by atoms with E-state index in [1.54, 1.807) is 43.3 Å². The standard InChI is InChI=1S/C15H13ClN2O3/c1-9-7-12(16)11(8-17-9)14(19)18-13(15(20)21)10-5-3-2-4-6-10/h2-8,13H,1H3,(H,18,19)(H,20,21). The molecule has 1 unspecified atom stereocenters. The van der Waals surface area contributed by atoms with Crippen LogP contribution < -0.4 is 5.32 Å². The molecule has 108 valence electrons. The number of carbonyl (C=O) groups excluding carboxylic acids is 1. The van der Waals surface area contributed by atoms with Gasteiger partial charge in [-0.25, -0.2) is 4.79 Å². The van der Waals surface area contributed by atoms with Gasteiger partial charge < -0.3 is 10.4 Å². The molecule has 0 fully saturated rings. The fraction of sp³-hybridized carbons (Fsp3) is 0.133. The van der Waals surface area contributed by atoms with E-state index in [1.807, 2.05) is 0 Å². The summed E-state index contributed by atoms with van der Waals surface area (Å²) in [6.07, 6.45) is 1.33. The van der Waals surface area contributed by atoms with E-state index in [0.717, 1.165) is 0 Å². The molecule has 2 N–H and O–H groups in total. The first kappa shape index (κ1) is 15.0. The predicted molar refractivity (Wildman–Crippen MR) is 78.3 cm³/mol. The van der Waals surface area contributed by atoms with Gasteiger partial charge in [-0.15, -0.1) is 0 Å². The Bertz CT molecular complexity index is 674. The van der Waals surface area contributed by atoms with Gasteiger partial charge in [-0.1, -0.05) is 41.9 Å². The Morgan fingerprint density at radius 1 is 1.29 bits per heavy atom. The van der Waals surface area contributed by atoms with E-state index in [0.29, 0.717) is 11.3 Å². The average molecular weight is 305 g/mol. The predicted octanol–water partition coefficient (Wildman–Crippen LogP) is 2.60. The van der Waals surface area contributed by atoms with E-state index in [1.165, 1.54) is 6.20 Å². The summed E-state index contributed by atoms with van der Waals surface area (Å²) in [6, 6.07) is 8.86. The molecule has 1 aromatic carbocycles. The van der Waals surface area contributed by atoms with Crippen molar-refractivity contribution in [1.82, 2.24) is 10.3 Å². The molecule has 1 atom stereocenters. The fourth-order valence-electron chi connectivity index (χ4n) is 1.84. The zero-order valence-corrected chi connectivity index (χ0v) is 12.0. The summed E-state index contributed by atoms with van der Waals surface area (Å²) < 4.78 is 0. The van der Waals surface area contributed by atoms with Crippen molar-refractivity contribution in [2.45, 2.75) is 13.0 Å². The van der Waals surface area contributed by atoms with Crippen LogP contribution in [0.4, 0.5) is 0 Å². The molecule has 2 aromatic rings. The van der Waals surface area contributed by atoms with Crippen LogP contribution in [0.5, 0.6) is 0 Å². The number of carboxylic acids is 1. The number of rotatable bonds is 4. The number of halogens is 1. The van der Waals surface area contributed by atoms with Crippen molar-refractivity contribution >= 4 is 23.5 Å². The molecule has 0 aliphatic heterocycles. The van der Waals surface area contributed by atoms with Crippen molar-refractivity contribution in [2.24, 2.45) is 0 Å². The van der Waals surface area contributed by atoms with Gasteiger partial charge in [-0.05, 0) is 18.6 Å². The highest BCUT2D eigenvalue weighted by molar-refractivity contribution is 6.33. The molecular formula is C15H13ClN2O3. The van der Waals surface area contributed by atoms with Crippen molar-refractivity contribution in [3.63, 3.8) is 0 Å². The second kappa shape index (κ2) is 6.37. The fourth-order valence-corrected chi connectivity index (χ4v) is 2.13. The Kier molecular flexibility index (Phi) is 4.55. The SMILES string of the molecule is Cc1cc(Cl)c(C(=O)NC(C(=O)O)c2ccccc2)cn1. The molecule has 0 aliphatic rings. The highest BCUT2D eigenvalue weighted by atomic mass is 35.5. The van der Waals surface area contributed by atoms with E-state index in [4.69, 9.17) is 11.6 Å². The van der Waals surface area contributed by atoms with Crippen molar-refractivity contribution < 1.29 is 14.7 Å². The third kappa shape index (κ3) is 3.58. The van der Waals surface area contributed by atoms with E-state index >= 15 is 0 Å². The van der Waals surface area contributed by atoms with Gasteiger partial charge in [-0.3, -0.25) is 9.78 Å². The van der Waals surface area contributed by atoms with E-state index in [-0.39, 0.29) is 10.6 Å². The number of aliphatic carboxylic acids is 1. The molecule has 0 radical (unpaired) electrons. The van der Waals surface area contributed by atoms with Gasteiger partial charge in [0.15, 0.2) is 6.04 Å². The lowest BCUT2D eigenvalue weighted by molar-refractivity contribution is -0.139. The molecule has 0 saturated carbocycles. The summed E-state index contributed by atoms with van der Waals surface area (Å²) in [4.78, 5) is 27.5. The molecular weight excluding hydrogens is 292 g/mol. The Morgan fingerprint density at radius 2 is 1.95 bits per heavy atom. The van der Waals surface area contributed by atoms with E-state index in [2.05, 4.69) is 10.3 Å². The lowest BCUT2D eigenvalue weighted by Gasteiger charge is -2.15. The Morgan fingerprint density at radius 3 is 2.52 bits per heavy atom. The normalized spacial score (nSPS) is 11.7. The van der Waals surface area contributed by atoms with Crippen molar-refractivity contribution in [3.05, 3.63) is 64.4 Å². The quantitative estimate of drug-likeness (QED) is 0.910. The summed E-state index contributed by atoms with van der Waals surface area (Å²) in [5, 5.41) is 12.0. The third-order valence-electron chi connectivity index (χ3n) is 2.89. The van der Waals surface area contributed by atoms with E-state index < -0.39 is 17.9 Å². The average Bonchev–Trinajstić information content (AvgIpc) is 2.45. The number of nitrogens with one attached hydrogen (secondary N) is 1. The van der Waals surface area contributed by atoms with Crippen LogP contribution in [0.15, 0.2) is 42.6 Å². The number of amides is 1. The van der Waals surface area contributed by atoms with Gasteiger partial charge in [0.05, 0.1) is 10.6 Å². The van der Waals surface area contributed by atoms with E-state index in [9.17, 15) is 14.7 Å². The number of hydrogen-bond acceptors (Lipinski definition) is 3. The van der Waals surface area contributed by atoms with Gasteiger partial charge in [0.25, 0.3) is 5.91 Å². The lowest BCUT2D eigenvalue weighted by Crippen LogP contribution is -2.34. The topological polar surface area (TPSA) is 79.3 Å². The maximum absolute atomic E-state index is 12.2. The Hall–Kier alpha value is -2.40. The number of pyridine rings is 1. The summed E-state index contributed by atoms with van der Waals surface area (Å²) in [5.74, 6) is -1.73. The minimum Gasteiger partial charge on any atom is -0.479 e. The zero-order chi connectivity index (χ0) is 15.4. The molecule has 1 heterocycles. The van der Waals surface area contributed by atoms with Gasteiger partial charge >= 0.3 is 5.97 Å². The number of benzene rings is 1. The van der Waals surface area contributed by atoms with Crippen LogP contribution >= 0.6 is 11.6 Å². The Balaban J connectivity index is 2.25. The van der Waals surface area contributed by atoms with Crippen molar-refractivity contribution in [3.8, 4) is 0 Å². The Labute approximate surface area is 126 Å². The van der Waals surface area contributed by atoms with Crippen LogP contribution in [0.1, 0.15) is 27.7 Å². The number of carboxylic acid groups (broad SMARTS) is 1. The molecule has 0 saturated heterocycles. The van der Waals surface area contributed by atoms with Crippen LogP contribution in [-0.2, 0) is 4.79 Å². The summed E-state index contributed by atoms with van der Waals surface area (Å²) in [5.41, 5.74) is 1.30. The van der Waals surface area contributed by atoms with Gasteiger partial charge in [0, 0.05) is 11.9 Å². The van der Waals surface area contributed by atoms with Gasteiger partial charge in [0.1, 0.15) is 0 Å². The molecule has 1 aromatic heterocycles. The molecule has 6 heteroatoms. The first-order valence-electron chi connectivity index (χ1n) is 6.20. The van der Waals surface area contributed by atoms with Crippen LogP contribution in [-0.4, -0.2) is 22.0 Å². The minimum atomic E-state index is -1.15. The molecule has 0 bridgehead atoms. The minimum absolute atomic E-state index is 0.143. The smallest absolute Gasteiger partial charge is 0.330 e. The molecule has 5 nitrogen and oxygen atoms in total. The maximum atomic E-state index is 12.2. The molecule has 21 heavy (non-hydrogen) atoms. The van der Waals surface area contributed by atoms with Crippen LogP contribution in [0, 0.1) is 6.92 Å². The maximum Gasteiger partial charge on any atom is 0.330 e. The van der Waals surface area contributed by atoms with Crippen molar-refractivity contribution in [1.29, 1.82) is 0 Å². The second-order valence-electron chi connectivity index (χ2n) is 4.46. The van der Waals surface area contributed by atoms with Crippen LogP contribution in [0.25, 0.3) is 0 Å². The number of carbonyl (C=O) groups is 2.